The maximum atomic E-state index is 12.3. The van der Waals surface area contributed by atoms with Crippen LogP contribution in [0.15, 0.2) is 23.4 Å². The van der Waals surface area contributed by atoms with Gasteiger partial charge in [0, 0.05) is 5.69 Å². The highest BCUT2D eigenvalue weighted by molar-refractivity contribution is 6.33. The molecule has 0 saturated carbocycles. The highest BCUT2D eigenvalue weighted by Gasteiger charge is 2.33. The Morgan fingerprint density at radius 1 is 1.19 bits per heavy atom. The number of amides is 1. The van der Waals surface area contributed by atoms with Crippen molar-refractivity contribution >= 4 is 40.8 Å². The van der Waals surface area contributed by atoms with Gasteiger partial charge in [-0.2, -0.15) is 0 Å². The van der Waals surface area contributed by atoms with Gasteiger partial charge in [0.2, 0.25) is 0 Å². The Bertz CT molecular complexity index is 821. The maximum Gasteiger partial charge on any atom is 0.355 e. The first-order chi connectivity index (χ1) is 12.5. The molecule has 0 saturated heterocycles. The van der Waals surface area contributed by atoms with E-state index in [4.69, 9.17) is 30.5 Å². The largest absolute Gasteiger partial charge is 0.480 e. The number of ether oxygens (including phenoxy) is 4. The summed E-state index contributed by atoms with van der Waals surface area (Å²) in [5.41, 5.74) is 0.739. The van der Waals surface area contributed by atoms with E-state index in [0.717, 1.165) is 0 Å². The molecule has 26 heavy (non-hydrogen) atoms. The van der Waals surface area contributed by atoms with E-state index in [1.807, 2.05) is 0 Å². The molecule has 0 radical (unpaired) electrons. The zero-order valence-corrected chi connectivity index (χ0v) is 14.7. The molecule has 0 unspecified atom stereocenters. The van der Waals surface area contributed by atoms with Crippen LogP contribution >= 0.6 is 11.6 Å². The molecular weight excluding hydrogens is 368 g/mol. The Hall–Kier alpha value is -2.78. The minimum Gasteiger partial charge on any atom is -0.480 e. The zero-order chi connectivity index (χ0) is 18.8. The van der Waals surface area contributed by atoms with Crippen molar-refractivity contribution in [3.05, 3.63) is 28.4 Å². The molecule has 0 spiro atoms. The third kappa shape index (κ3) is 3.18. The summed E-state index contributed by atoms with van der Waals surface area (Å²) in [4.78, 5) is 37.3. The fraction of sp³-hybridized carbons (Fsp3) is 0.312. The van der Waals surface area contributed by atoms with Crippen LogP contribution in [-0.2, 0) is 28.6 Å². The second-order valence-corrected chi connectivity index (χ2v) is 5.76. The van der Waals surface area contributed by atoms with Crippen LogP contribution in [0.25, 0.3) is 0 Å². The van der Waals surface area contributed by atoms with Crippen molar-refractivity contribution in [2.24, 2.45) is 0 Å². The van der Waals surface area contributed by atoms with E-state index in [9.17, 15) is 14.4 Å². The minimum absolute atomic E-state index is 0.0136. The van der Waals surface area contributed by atoms with Gasteiger partial charge in [-0.3, -0.25) is 4.79 Å². The number of hydrogen-bond acceptors (Lipinski definition) is 8. The van der Waals surface area contributed by atoms with Gasteiger partial charge in [-0.25, -0.2) is 9.59 Å². The Balaban J connectivity index is 2.11. The zero-order valence-electron chi connectivity index (χ0n) is 14.0. The number of esters is 2. The van der Waals surface area contributed by atoms with Crippen LogP contribution in [0.3, 0.4) is 0 Å². The van der Waals surface area contributed by atoms with Crippen LogP contribution in [0.1, 0.15) is 0 Å². The second kappa shape index (κ2) is 7.22. The monoisotopic (exact) mass is 382 g/mol. The molecule has 0 aliphatic carbocycles. The van der Waals surface area contributed by atoms with Gasteiger partial charge in [0.1, 0.15) is 12.4 Å². The summed E-state index contributed by atoms with van der Waals surface area (Å²) < 4.78 is 20.2. The number of nitrogens with zero attached hydrogens (tertiary/aromatic N) is 1. The number of hydrogen-bond donors (Lipinski definition) is 1. The smallest absolute Gasteiger partial charge is 0.355 e. The van der Waals surface area contributed by atoms with Gasteiger partial charge >= 0.3 is 11.9 Å². The van der Waals surface area contributed by atoms with Gasteiger partial charge in [0.15, 0.2) is 12.4 Å². The number of fused-ring (bicyclic) bond motifs is 1. The lowest BCUT2D eigenvalue weighted by Gasteiger charge is -2.32. The van der Waals surface area contributed by atoms with E-state index < -0.39 is 11.9 Å². The van der Waals surface area contributed by atoms with E-state index in [1.165, 1.54) is 25.2 Å². The number of carbonyl (C=O) groups is 3. The summed E-state index contributed by atoms with van der Waals surface area (Å²) in [5.74, 6) is -1.46. The van der Waals surface area contributed by atoms with E-state index >= 15 is 0 Å². The molecule has 1 amide bonds. The Labute approximate surface area is 153 Å². The van der Waals surface area contributed by atoms with Gasteiger partial charge < -0.3 is 29.2 Å². The van der Waals surface area contributed by atoms with Crippen LogP contribution in [0.5, 0.6) is 5.75 Å². The first-order valence-corrected chi connectivity index (χ1v) is 7.85. The molecular formula is C16H15ClN2O7. The van der Waals surface area contributed by atoms with E-state index in [0.29, 0.717) is 17.1 Å². The van der Waals surface area contributed by atoms with Gasteiger partial charge in [0.25, 0.3) is 5.91 Å². The summed E-state index contributed by atoms with van der Waals surface area (Å²) >= 11 is 6.23. The van der Waals surface area contributed by atoms with Crippen LogP contribution in [0, 0.1) is 0 Å². The molecule has 9 nitrogen and oxygen atoms in total. The van der Waals surface area contributed by atoms with Crippen molar-refractivity contribution in [2.75, 3.05) is 44.4 Å². The lowest BCUT2D eigenvalue weighted by Crippen LogP contribution is -2.39. The highest BCUT2D eigenvalue weighted by atomic mass is 35.5. The molecule has 2 aliphatic heterocycles. The molecule has 0 aromatic heterocycles. The molecule has 2 heterocycles. The number of nitrogens with one attached hydrogen (secondary N) is 1. The van der Waals surface area contributed by atoms with Crippen molar-refractivity contribution in [1.29, 1.82) is 0 Å². The molecule has 0 bridgehead atoms. The third-order valence-electron chi connectivity index (χ3n) is 3.79. The van der Waals surface area contributed by atoms with Gasteiger partial charge in [-0.15, -0.1) is 0 Å². The molecule has 2 aliphatic rings. The van der Waals surface area contributed by atoms with E-state index in [1.54, 1.807) is 6.07 Å². The van der Waals surface area contributed by atoms with Gasteiger partial charge in [-0.1, -0.05) is 11.6 Å². The van der Waals surface area contributed by atoms with Crippen molar-refractivity contribution in [3.63, 3.8) is 0 Å². The Morgan fingerprint density at radius 3 is 2.62 bits per heavy atom. The first-order valence-electron chi connectivity index (χ1n) is 7.47. The van der Waals surface area contributed by atoms with Crippen molar-refractivity contribution in [2.45, 2.75) is 0 Å². The van der Waals surface area contributed by atoms with Crippen LogP contribution in [0.2, 0.25) is 5.02 Å². The lowest BCUT2D eigenvalue weighted by molar-refractivity contribution is -0.140. The first kappa shape index (κ1) is 18.0. The van der Waals surface area contributed by atoms with Gasteiger partial charge in [-0.05, 0) is 12.1 Å². The van der Waals surface area contributed by atoms with E-state index in [-0.39, 0.29) is 42.1 Å². The fourth-order valence-electron chi connectivity index (χ4n) is 2.65. The Morgan fingerprint density at radius 2 is 1.92 bits per heavy atom. The molecule has 138 valence electrons. The third-order valence-corrected chi connectivity index (χ3v) is 4.08. The molecule has 1 aromatic carbocycles. The van der Waals surface area contributed by atoms with Crippen molar-refractivity contribution < 1.29 is 33.3 Å². The van der Waals surface area contributed by atoms with Crippen LogP contribution < -0.4 is 15.0 Å². The number of halogens is 1. The summed E-state index contributed by atoms with van der Waals surface area (Å²) in [6, 6.07) is 3.09. The predicted molar refractivity (Wildman–Crippen MR) is 89.9 cm³/mol. The number of benzene rings is 1. The summed E-state index contributed by atoms with van der Waals surface area (Å²) in [6.07, 6.45) is 0. The minimum atomic E-state index is -0.733. The van der Waals surface area contributed by atoms with Crippen LogP contribution in [0.4, 0.5) is 11.4 Å². The Kier molecular flexibility index (Phi) is 5.01. The standard InChI is InChI=1S/C16H15ClN2O7/c1-23-15(21)9-5-25-7-19(13(9)16(22)24-2)8-3-10(17)14-11(4-8)18-12(20)6-26-14/h3-4H,5-7H2,1-2H3,(H,18,20). The molecule has 10 heteroatoms. The van der Waals surface area contributed by atoms with E-state index in [2.05, 4.69) is 5.32 Å². The average Bonchev–Trinajstić information content (AvgIpc) is 2.65. The highest BCUT2D eigenvalue weighted by Crippen LogP contribution is 2.40. The van der Waals surface area contributed by atoms with Crippen molar-refractivity contribution in [3.8, 4) is 5.75 Å². The molecule has 3 rings (SSSR count). The number of anilines is 2. The maximum absolute atomic E-state index is 12.3. The average molecular weight is 383 g/mol. The molecule has 1 N–H and O–H groups in total. The topological polar surface area (TPSA) is 103 Å². The van der Waals surface area contributed by atoms with Gasteiger partial charge in [0.05, 0.1) is 37.1 Å². The quantitative estimate of drug-likeness (QED) is 0.774. The number of methoxy groups -OCH3 is 2. The summed E-state index contributed by atoms with van der Waals surface area (Å²) in [5, 5.41) is 2.87. The van der Waals surface area contributed by atoms with Crippen LogP contribution in [-0.4, -0.2) is 52.0 Å². The number of carbonyl (C=O) groups excluding carboxylic acids is 3. The molecule has 1 aromatic rings. The number of rotatable bonds is 3. The fourth-order valence-corrected chi connectivity index (χ4v) is 2.91. The normalized spacial score (nSPS) is 16.4. The lowest BCUT2D eigenvalue weighted by atomic mass is 10.1. The summed E-state index contributed by atoms with van der Waals surface area (Å²) in [6.45, 7) is -0.278. The second-order valence-electron chi connectivity index (χ2n) is 5.36. The predicted octanol–water partition coefficient (Wildman–Crippen LogP) is 1.07. The summed E-state index contributed by atoms with van der Waals surface area (Å²) in [7, 11) is 2.40. The molecule has 0 fully saturated rings. The SMILES string of the molecule is COC(=O)C1=C(C(=O)OC)N(c2cc(Cl)c3c(c2)NC(=O)CO3)COC1. The van der Waals surface area contributed by atoms with Crippen molar-refractivity contribution in [1.82, 2.24) is 0 Å². The molecule has 0 atom stereocenters.